The van der Waals surface area contributed by atoms with Crippen LogP contribution >= 0.6 is 0 Å². The molecule has 18 heavy (non-hydrogen) atoms. The molecule has 0 bridgehead atoms. The third kappa shape index (κ3) is 3.95. The predicted molar refractivity (Wildman–Crippen MR) is 73.3 cm³/mol. The highest BCUT2D eigenvalue weighted by Crippen LogP contribution is 2.19. The summed E-state index contributed by atoms with van der Waals surface area (Å²) in [7, 11) is 0. The zero-order valence-electron chi connectivity index (χ0n) is 12.4. The fourth-order valence-electron chi connectivity index (χ4n) is 2.56. The van der Waals surface area contributed by atoms with Gasteiger partial charge in [0.05, 0.1) is 18.3 Å². The van der Waals surface area contributed by atoms with Gasteiger partial charge < -0.3 is 9.64 Å². The zero-order chi connectivity index (χ0) is 13.7. The first-order valence-corrected chi connectivity index (χ1v) is 7.17. The minimum absolute atomic E-state index is 0.0104. The van der Waals surface area contributed by atoms with Crippen molar-refractivity contribution < 1.29 is 9.53 Å². The summed E-state index contributed by atoms with van der Waals surface area (Å²) in [6.45, 7) is 11.8. The molecule has 1 heterocycles. The van der Waals surface area contributed by atoms with Gasteiger partial charge >= 0.3 is 0 Å². The van der Waals surface area contributed by atoms with E-state index in [1.807, 2.05) is 18.7 Å². The van der Waals surface area contributed by atoms with Crippen LogP contribution < -0.4 is 5.32 Å². The molecule has 0 spiro atoms. The molecule has 1 aliphatic heterocycles. The SMILES string of the molecule is CCOC(C)CN1C(=O)C(CC(C)C)NC1CC. The molecular weight excluding hydrogens is 228 g/mol. The molecule has 1 fully saturated rings. The molecule has 0 aromatic carbocycles. The molecule has 1 amide bonds. The standard InChI is InChI=1S/C14H28N2O2/c1-6-13-15-12(8-10(3)4)14(17)16(13)9-11(5)18-7-2/h10-13,15H,6-9H2,1-5H3. The second-order valence-corrected chi connectivity index (χ2v) is 5.53. The molecule has 4 nitrogen and oxygen atoms in total. The Morgan fingerprint density at radius 2 is 2.00 bits per heavy atom. The van der Waals surface area contributed by atoms with Crippen LogP contribution in [0, 0.1) is 5.92 Å². The van der Waals surface area contributed by atoms with Crippen molar-refractivity contribution in [3.63, 3.8) is 0 Å². The number of hydrogen-bond donors (Lipinski definition) is 1. The van der Waals surface area contributed by atoms with Gasteiger partial charge in [0.2, 0.25) is 5.91 Å². The van der Waals surface area contributed by atoms with E-state index in [1.165, 1.54) is 0 Å². The van der Waals surface area contributed by atoms with Crippen molar-refractivity contribution in [1.82, 2.24) is 10.2 Å². The topological polar surface area (TPSA) is 41.6 Å². The third-order valence-electron chi connectivity index (χ3n) is 3.35. The van der Waals surface area contributed by atoms with E-state index in [-0.39, 0.29) is 24.2 Å². The van der Waals surface area contributed by atoms with Crippen LogP contribution in [0.2, 0.25) is 0 Å². The van der Waals surface area contributed by atoms with E-state index in [9.17, 15) is 4.79 Å². The molecule has 0 aromatic heterocycles. The second kappa shape index (κ2) is 7.10. The van der Waals surface area contributed by atoms with Gasteiger partial charge in [-0.3, -0.25) is 10.1 Å². The summed E-state index contributed by atoms with van der Waals surface area (Å²) in [5, 5.41) is 3.44. The predicted octanol–water partition coefficient (Wildman–Crippen LogP) is 1.99. The molecule has 1 N–H and O–H groups in total. The van der Waals surface area contributed by atoms with Gasteiger partial charge in [-0.2, -0.15) is 0 Å². The van der Waals surface area contributed by atoms with Gasteiger partial charge in [-0.15, -0.1) is 0 Å². The number of nitrogens with zero attached hydrogens (tertiary/aromatic N) is 1. The lowest BCUT2D eigenvalue weighted by Crippen LogP contribution is -2.41. The lowest BCUT2D eigenvalue weighted by molar-refractivity contribution is -0.132. The van der Waals surface area contributed by atoms with Gasteiger partial charge in [-0.05, 0) is 32.6 Å². The molecule has 106 valence electrons. The summed E-state index contributed by atoms with van der Waals surface area (Å²) in [6.07, 6.45) is 2.13. The first-order valence-electron chi connectivity index (χ1n) is 7.17. The number of amides is 1. The fraction of sp³-hybridized carbons (Fsp3) is 0.929. The maximum atomic E-state index is 12.4. The molecule has 0 radical (unpaired) electrons. The lowest BCUT2D eigenvalue weighted by atomic mass is 10.0. The average molecular weight is 256 g/mol. The number of carbonyl (C=O) groups is 1. The van der Waals surface area contributed by atoms with E-state index in [4.69, 9.17) is 4.74 Å². The van der Waals surface area contributed by atoms with Crippen LogP contribution in [0.3, 0.4) is 0 Å². The monoisotopic (exact) mass is 256 g/mol. The first-order chi connectivity index (χ1) is 8.49. The van der Waals surface area contributed by atoms with Crippen molar-refractivity contribution in [3.05, 3.63) is 0 Å². The van der Waals surface area contributed by atoms with Crippen LogP contribution in [0.5, 0.6) is 0 Å². The van der Waals surface area contributed by atoms with E-state index in [0.29, 0.717) is 19.1 Å². The quantitative estimate of drug-likeness (QED) is 0.757. The number of ether oxygens (including phenoxy) is 1. The highest BCUT2D eigenvalue weighted by molar-refractivity contribution is 5.84. The summed E-state index contributed by atoms with van der Waals surface area (Å²) in [5.41, 5.74) is 0. The van der Waals surface area contributed by atoms with Crippen LogP contribution in [-0.2, 0) is 9.53 Å². The number of carbonyl (C=O) groups excluding carboxylic acids is 1. The van der Waals surface area contributed by atoms with Crippen LogP contribution in [0.4, 0.5) is 0 Å². The van der Waals surface area contributed by atoms with Crippen LogP contribution in [-0.4, -0.2) is 42.3 Å². The Morgan fingerprint density at radius 1 is 1.33 bits per heavy atom. The average Bonchev–Trinajstić information content (AvgIpc) is 2.57. The molecule has 1 rings (SSSR count). The first kappa shape index (κ1) is 15.4. The van der Waals surface area contributed by atoms with Crippen LogP contribution in [0.25, 0.3) is 0 Å². The smallest absolute Gasteiger partial charge is 0.241 e. The number of nitrogens with one attached hydrogen (secondary N) is 1. The normalized spacial score (nSPS) is 26.1. The minimum Gasteiger partial charge on any atom is -0.377 e. The number of rotatable bonds is 7. The number of hydrogen-bond acceptors (Lipinski definition) is 3. The van der Waals surface area contributed by atoms with Gasteiger partial charge in [0.1, 0.15) is 0 Å². The van der Waals surface area contributed by atoms with Crippen molar-refractivity contribution in [2.24, 2.45) is 5.92 Å². The molecule has 4 heteroatoms. The van der Waals surface area contributed by atoms with Crippen molar-refractivity contribution in [2.45, 2.75) is 65.8 Å². The van der Waals surface area contributed by atoms with E-state index >= 15 is 0 Å². The van der Waals surface area contributed by atoms with E-state index in [2.05, 4.69) is 26.1 Å². The Labute approximate surface area is 111 Å². The molecular formula is C14H28N2O2. The summed E-state index contributed by atoms with van der Waals surface area (Å²) in [5.74, 6) is 0.773. The highest BCUT2D eigenvalue weighted by atomic mass is 16.5. The van der Waals surface area contributed by atoms with Crippen LogP contribution in [0.15, 0.2) is 0 Å². The summed E-state index contributed by atoms with van der Waals surface area (Å²) in [6, 6.07) is -0.0104. The Bertz CT molecular complexity index is 269. The molecule has 0 aliphatic carbocycles. The largest absolute Gasteiger partial charge is 0.377 e. The molecule has 1 aliphatic rings. The van der Waals surface area contributed by atoms with Crippen molar-refractivity contribution in [2.75, 3.05) is 13.2 Å². The van der Waals surface area contributed by atoms with Gasteiger partial charge in [0.15, 0.2) is 0 Å². The summed E-state index contributed by atoms with van der Waals surface area (Å²) >= 11 is 0. The van der Waals surface area contributed by atoms with Gasteiger partial charge in [-0.1, -0.05) is 20.8 Å². The van der Waals surface area contributed by atoms with Gasteiger partial charge in [0.25, 0.3) is 0 Å². The summed E-state index contributed by atoms with van der Waals surface area (Å²) in [4.78, 5) is 14.3. The van der Waals surface area contributed by atoms with E-state index < -0.39 is 0 Å². The maximum absolute atomic E-state index is 12.4. The maximum Gasteiger partial charge on any atom is 0.241 e. The fourth-order valence-corrected chi connectivity index (χ4v) is 2.56. The Kier molecular flexibility index (Phi) is 6.09. The highest BCUT2D eigenvalue weighted by Gasteiger charge is 2.38. The minimum atomic E-state index is -0.0104. The molecule has 0 aromatic rings. The Morgan fingerprint density at radius 3 is 2.50 bits per heavy atom. The molecule has 0 saturated carbocycles. The van der Waals surface area contributed by atoms with E-state index in [0.717, 1.165) is 12.8 Å². The van der Waals surface area contributed by atoms with Crippen LogP contribution in [0.1, 0.15) is 47.5 Å². The second-order valence-electron chi connectivity index (χ2n) is 5.53. The van der Waals surface area contributed by atoms with Gasteiger partial charge in [0, 0.05) is 13.2 Å². The van der Waals surface area contributed by atoms with Gasteiger partial charge in [-0.25, -0.2) is 0 Å². The molecule has 3 unspecified atom stereocenters. The summed E-state index contributed by atoms with van der Waals surface area (Å²) < 4.78 is 5.54. The van der Waals surface area contributed by atoms with Crippen molar-refractivity contribution >= 4 is 5.91 Å². The van der Waals surface area contributed by atoms with Crippen molar-refractivity contribution in [3.8, 4) is 0 Å². The zero-order valence-corrected chi connectivity index (χ0v) is 12.4. The van der Waals surface area contributed by atoms with Crippen molar-refractivity contribution in [1.29, 1.82) is 0 Å². The molecule has 1 saturated heterocycles. The molecule has 3 atom stereocenters. The third-order valence-corrected chi connectivity index (χ3v) is 3.35. The van der Waals surface area contributed by atoms with E-state index in [1.54, 1.807) is 0 Å². The lowest BCUT2D eigenvalue weighted by Gasteiger charge is -2.26. The Balaban J connectivity index is 2.61. The Hall–Kier alpha value is -0.610.